The van der Waals surface area contributed by atoms with Gasteiger partial charge in [0.1, 0.15) is 0 Å². The van der Waals surface area contributed by atoms with Gasteiger partial charge in [0.05, 0.1) is 0 Å². The molecule has 5 aliphatic rings. The van der Waals surface area contributed by atoms with Crippen LogP contribution >= 0.6 is 0 Å². The third-order valence-corrected chi connectivity index (χ3v) is 12.2. The maximum atomic E-state index is 2.79. The summed E-state index contributed by atoms with van der Waals surface area (Å²) < 4.78 is 0. The maximum Gasteiger partial charge on any atom is -0.0164 e. The largest absolute Gasteiger partial charge is 0.0710 e. The normalized spacial score (nSPS) is 52.5. The first kappa shape index (κ1) is 19.7. The molecule has 158 valence electrons. The van der Waals surface area contributed by atoms with Crippen LogP contribution in [0.5, 0.6) is 0 Å². The summed E-state index contributed by atoms with van der Waals surface area (Å²) in [6.07, 6.45) is 17.7. The number of allylic oxidation sites excluding steroid dienone is 2. The van der Waals surface area contributed by atoms with Crippen molar-refractivity contribution in [2.24, 2.45) is 45.3 Å². The molecule has 28 heavy (non-hydrogen) atoms. The average molecular weight is 383 g/mol. The lowest BCUT2D eigenvalue weighted by Gasteiger charge is -2.71. The van der Waals surface area contributed by atoms with Gasteiger partial charge in [-0.2, -0.15) is 0 Å². The zero-order chi connectivity index (χ0) is 19.9. The van der Waals surface area contributed by atoms with Crippen molar-refractivity contribution in [3.05, 3.63) is 11.1 Å². The van der Waals surface area contributed by atoms with E-state index in [2.05, 4.69) is 41.5 Å². The summed E-state index contributed by atoms with van der Waals surface area (Å²) in [4.78, 5) is 0. The Morgan fingerprint density at radius 1 is 0.750 bits per heavy atom. The van der Waals surface area contributed by atoms with Crippen molar-refractivity contribution in [2.45, 2.75) is 119 Å². The highest BCUT2D eigenvalue weighted by molar-refractivity contribution is 5.29. The van der Waals surface area contributed by atoms with Crippen LogP contribution in [0.2, 0.25) is 0 Å². The van der Waals surface area contributed by atoms with E-state index in [1.54, 1.807) is 0 Å². The van der Waals surface area contributed by atoms with Crippen molar-refractivity contribution >= 4 is 0 Å². The van der Waals surface area contributed by atoms with Gasteiger partial charge in [-0.05, 0) is 116 Å². The molecule has 0 aromatic heterocycles. The molecule has 4 fully saturated rings. The molecule has 5 rings (SSSR count). The lowest BCUT2D eigenvalue weighted by molar-refractivity contribution is -0.217. The Kier molecular flexibility index (Phi) is 4.31. The summed E-state index contributed by atoms with van der Waals surface area (Å²) in [5.41, 5.74) is 6.15. The van der Waals surface area contributed by atoms with Crippen molar-refractivity contribution in [3.63, 3.8) is 0 Å². The lowest BCUT2D eigenvalue weighted by atomic mass is 9.33. The predicted octanol–water partition coefficient (Wildman–Crippen LogP) is 8.56. The molecule has 0 N–H and O–H groups in total. The van der Waals surface area contributed by atoms with Crippen molar-refractivity contribution in [1.29, 1.82) is 0 Å². The van der Waals surface area contributed by atoms with Gasteiger partial charge >= 0.3 is 0 Å². The molecule has 7 atom stereocenters. The molecule has 0 heteroatoms. The average Bonchev–Trinajstić information content (AvgIpc) is 3.04. The second-order valence-electron chi connectivity index (χ2n) is 13.1. The topological polar surface area (TPSA) is 0 Å². The fraction of sp³-hybridized carbons (Fsp3) is 0.929. The first-order valence-corrected chi connectivity index (χ1v) is 12.9. The SMILES string of the molecule is CCC1=C2CC[C@]3(C)[C@H](CC[C@@H]4[C@@]5(C)CCCC(C)(C)[C@@H]5CC[C@]43C)[C@H]2CC1. The first-order chi connectivity index (χ1) is 13.2. The lowest BCUT2D eigenvalue weighted by Crippen LogP contribution is -2.63. The molecule has 0 aromatic rings. The number of fused-ring (bicyclic) bond motifs is 7. The summed E-state index contributed by atoms with van der Waals surface area (Å²) in [7, 11) is 0. The molecular weight excluding hydrogens is 336 g/mol. The Morgan fingerprint density at radius 3 is 2.29 bits per heavy atom. The number of hydrogen-bond donors (Lipinski definition) is 0. The van der Waals surface area contributed by atoms with E-state index >= 15 is 0 Å². The summed E-state index contributed by atoms with van der Waals surface area (Å²) in [6, 6.07) is 0. The summed E-state index contributed by atoms with van der Waals surface area (Å²) in [5.74, 6) is 3.87. The van der Waals surface area contributed by atoms with Gasteiger partial charge in [-0.3, -0.25) is 0 Å². The van der Waals surface area contributed by atoms with Crippen molar-refractivity contribution in [2.75, 3.05) is 0 Å². The van der Waals surface area contributed by atoms with E-state index in [0.717, 1.165) is 23.7 Å². The highest BCUT2D eigenvalue weighted by Crippen LogP contribution is 2.75. The molecule has 0 radical (unpaired) electrons. The Labute approximate surface area is 175 Å². The van der Waals surface area contributed by atoms with Crippen molar-refractivity contribution in [1.82, 2.24) is 0 Å². The van der Waals surface area contributed by atoms with Gasteiger partial charge in [0.15, 0.2) is 0 Å². The molecule has 0 bridgehead atoms. The van der Waals surface area contributed by atoms with Gasteiger partial charge in [0, 0.05) is 0 Å². The quantitative estimate of drug-likeness (QED) is 0.398. The molecule has 0 aromatic carbocycles. The number of hydrogen-bond acceptors (Lipinski definition) is 0. The minimum absolute atomic E-state index is 0.566. The standard InChI is InChI=1S/C28H46/c1-7-19-9-10-21-20(19)13-17-27(5)22(21)11-12-24-26(4)16-8-15-25(2,3)23(26)14-18-28(24,27)6/h21-24H,7-18H2,1-6H3/t21-,22+,23-,24+,26-,27+,28+/m0/s1. The van der Waals surface area contributed by atoms with E-state index in [-0.39, 0.29) is 0 Å². The van der Waals surface area contributed by atoms with Gasteiger partial charge in [-0.1, -0.05) is 59.1 Å². The Hall–Kier alpha value is -0.260. The molecule has 0 nitrogen and oxygen atoms in total. The van der Waals surface area contributed by atoms with Crippen LogP contribution in [0.4, 0.5) is 0 Å². The van der Waals surface area contributed by atoms with Crippen LogP contribution in [-0.2, 0) is 0 Å². The minimum Gasteiger partial charge on any atom is -0.0710 e. The minimum atomic E-state index is 0.566. The molecule has 0 aliphatic heterocycles. The van der Waals surface area contributed by atoms with Gasteiger partial charge in [-0.15, -0.1) is 0 Å². The first-order valence-electron chi connectivity index (χ1n) is 12.9. The van der Waals surface area contributed by atoms with E-state index in [0.29, 0.717) is 21.7 Å². The molecule has 5 aliphatic carbocycles. The zero-order valence-corrected chi connectivity index (χ0v) is 19.8. The zero-order valence-electron chi connectivity index (χ0n) is 19.8. The monoisotopic (exact) mass is 382 g/mol. The van der Waals surface area contributed by atoms with Crippen LogP contribution in [-0.4, -0.2) is 0 Å². The molecule has 0 amide bonds. The molecule has 0 saturated heterocycles. The Bertz CT molecular complexity index is 682. The van der Waals surface area contributed by atoms with Crippen LogP contribution in [0.1, 0.15) is 119 Å². The van der Waals surface area contributed by atoms with Gasteiger partial charge in [0.25, 0.3) is 0 Å². The smallest absolute Gasteiger partial charge is 0.0164 e. The molecule has 0 spiro atoms. The van der Waals surface area contributed by atoms with E-state index in [4.69, 9.17) is 0 Å². The van der Waals surface area contributed by atoms with Gasteiger partial charge < -0.3 is 0 Å². The van der Waals surface area contributed by atoms with Crippen molar-refractivity contribution in [3.8, 4) is 0 Å². The highest BCUT2D eigenvalue weighted by Gasteiger charge is 2.67. The van der Waals surface area contributed by atoms with Gasteiger partial charge in [-0.25, -0.2) is 0 Å². The van der Waals surface area contributed by atoms with Crippen LogP contribution in [0.3, 0.4) is 0 Å². The van der Waals surface area contributed by atoms with Crippen LogP contribution in [0.15, 0.2) is 11.1 Å². The molecule has 0 heterocycles. The van der Waals surface area contributed by atoms with E-state index in [1.165, 1.54) is 77.0 Å². The van der Waals surface area contributed by atoms with Crippen LogP contribution in [0, 0.1) is 45.3 Å². The van der Waals surface area contributed by atoms with Crippen molar-refractivity contribution < 1.29 is 0 Å². The number of rotatable bonds is 1. The third-order valence-electron chi connectivity index (χ3n) is 12.2. The second kappa shape index (κ2) is 6.13. The molecular formula is C28H46. The van der Waals surface area contributed by atoms with Crippen LogP contribution < -0.4 is 0 Å². The molecule has 0 unspecified atom stereocenters. The predicted molar refractivity (Wildman–Crippen MR) is 120 cm³/mol. The maximum absolute atomic E-state index is 2.79. The Morgan fingerprint density at radius 2 is 1.54 bits per heavy atom. The fourth-order valence-electron chi connectivity index (χ4n) is 10.7. The van der Waals surface area contributed by atoms with E-state index in [1.807, 2.05) is 11.1 Å². The summed E-state index contributed by atoms with van der Waals surface area (Å²) in [6.45, 7) is 15.9. The summed E-state index contributed by atoms with van der Waals surface area (Å²) >= 11 is 0. The third kappa shape index (κ3) is 2.30. The Balaban J connectivity index is 1.53. The molecule has 4 saturated carbocycles. The highest BCUT2D eigenvalue weighted by atomic mass is 14.7. The summed E-state index contributed by atoms with van der Waals surface area (Å²) in [5, 5.41) is 0. The van der Waals surface area contributed by atoms with Crippen LogP contribution in [0.25, 0.3) is 0 Å². The van der Waals surface area contributed by atoms with E-state index < -0.39 is 0 Å². The van der Waals surface area contributed by atoms with E-state index in [9.17, 15) is 0 Å². The van der Waals surface area contributed by atoms with Gasteiger partial charge in [0.2, 0.25) is 0 Å². The fourth-order valence-corrected chi connectivity index (χ4v) is 10.7. The second-order valence-corrected chi connectivity index (χ2v) is 13.1.